The lowest BCUT2D eigenvalue weighted by molar-refractivity contribution is -0.161. The van der Waals surface area contributed by atoms with E-state index in [0.29, 0.717) is 41.3 Å². The van der Waals surface area contributed by atoms with Crippen molar-refractivity contribution in [3.63, 3.8) is 0 Å². The van der Waals surface area contributed by atoms with Crippen LogP contribution < -0.4 is 0 Å². The molecule has 0 unspecified atom stereocenters. The van der Waals surface area contributed by atoms with E-state index in [1.807, 2.05) is 18.2 Å². The molecule has 1 aromatic rings. The van der Waals surface area contributed by atoms with Crippen LogP contribution in [-0.2, 0) is 14.3 Å². The Bertz CT molecular complexity index is 914. The van der Waals surface area contributed by atoms with Gasteiger partial charge in [-0.3, -0.25) is 4.79 Å². The van der Waals surface area contributed by atoms with Gasteiger partial charge in [0.25, 0.3) is 0 Å². The van der Waals surface area contributed by atoms with Gasteiger partial charge < -0.3 is 14.6 Å². The van der Waals surface area contributed by atoms with Crippen molar-refractivity contribution in [3.8, 4) is 0 Å². The van der Waals surface area contributed by atoms with Crippen LogP contribution in [0.4, 0.5) is 0 Å². The minimum atomic E-state index is -0.424. The van der Waals surface area contributed by atoms with Crippen LogP contribution in [0, 0.1) is 40.4 Å². The first-order valence-electron chi connectivity index (χ1n) is 13.3. The largest absolute Gasteiger partial charge is 0.463 e. The van der Waals surface area contributed by atoms with E-state index < -0.39 is 6.10 Å². The van der Waals surface area contributed by atoms with E-state index in [2.05, 4.69) is 13.8 Å². The van der Waals surface area contributed by atoms with E-state index in [1.165, 1.54) is 19.8 Å². The summed E-state index contributed by atoms with van der Waals surface area (Å²) in [7, 11) is 0. The first kappa shape index (κ1) is 23.8. The first-order valence-corrected chi connectivity index (χ1v) is 13.3. The average Bonchev–Trinajstić information content (AvgIpc) is 3.08. The van der Waals surface area contributed by atoms with Gasteiger partial charge in [0.1, 0.15) is 6.10 Å². The lowest BCUT2D eigenvalue weighted by Gasteiger charge is -2.60. The summed E-state index contributed by atoms with van der Waals surface area (Å²) in [5.41, 5.74) is 0.765. The van der Waals surface area contributed by atoms with Crippen LogP contribution in [0.2, 0.25) is 0 Å². The standard InChI is InChI=1S/C29H40O5/c1-18(30)34-22-11-13-28(2)21(16-22)9-10-23-24(28)12-14-29(3)25(23)15-20(26(29)31)17-33-27(32)19-7-5-4-6-8-19/h4-8,20-26,31H,9-17H2,1-3H3/t20-,21-,22-,23+,24-,25-,26-,28-,29-/m0/s1. The van der Waals surface area contributed by atoms with Crippen LogP contribution in [0.1, 0.15) is 82.5 Å². The zero-order valence-electron chi connectivity index (χ0n) is 20.9. The normalized spacial score (nSPS) is 43.2. The highest BCUT2D eigenvalue weighted by Crippen LogP contribution is 2.67. The van der Waals surface area contributed by atoms with E-state index in [0.717, 1.165) is 38.5 Å². The van der Waals surface area contributed by atoms with E-state index in [-0.39, 0.29) is 29.4 Å². The van der Waals surface area contributed by atoms with Crippen LogP contribution in [-0.4, -0.2) is 35.9 Å². The summed E-state index contributed by atoms with van der Waals surface area (Å²) in [6.07, 6.45) is 8.28. The second-order valence-corrected chi connectivity index (χ2v) is 12.1. The third-order valence-corrected chi connectivity index (χ3v) is 10.5. The molecule has 1 aromatic carbocycles. The number of fused-ring (bicyclic) bond motifs is 5. The summed E-state index contributed by atoms with van der Waals surface area (Å²) in [6, 6.07) is 9.11. The fourth-order valence-corrected chi connectivity index (χ4v) is 8.71. The summed E-state index contributed by atoms with van der Waals surface area (Å²) in [5, 5.41) is 11.4. The summed E-state index contributed by atoms with van der Waals surface area (Å²) >= 11 is 0. The van der Waals surface area contributed by atoms with Gasteiger partial charge in [-0.25, -0.2) is 4.79 Å². The number of aliphatic hydroxyl groups is 1. The molecule has 0 spiro atoms. The van der Waals surface area contributed by atoms with Gasteiger partial charge in [0, 0.05) is 12.8 Å². The molecule has 0 bridgehead atoms. The Balaban J connectivity index is 1.27. The number of esters is 2. The number of carbonyl (C=O) groups excluding carboxylic acids is 2. The molecule has 5 heteroatoms. The summed E-state index contributed by atoms with van der Waals surface area (Å²) in [6.45, 7) is 6.59. The molecule has 0 aliphatic heterocycles. The maximum absolute atomic E-state index is 12.5. The van der Waals surface area contributed by atoms with Gasteiger partial charge in [-0.2, -0.15) is 0 Å². The number of carbonyl (C=O) groups is 2. The zero-order chi connectivity index (χ0) is 24.1. The number of hydrogen-bond donors (Lipinski definition) is 1. The number of hydrogen-bond acceptors (Lipinski definition) is 5. The van der Waals surface area contributed by atoms with Crippen molar-refractivity contribution in [2.45, 2.75) is 84.3 Å². The van der Waals surface area contributed by atoms with Crippen molar-refractivity contribution in [1.29, 1.82) is 0 Å². The van der Waals surface area contributed by atoms with Crippen LogP contribution in [0.5, 0.6) is 0 Å². The van der Waals surface area contributed by atoms with Gasteiger partial charge >= 0.3 is 11.9 Å². The molecule has 0 radical (unpaired) electrons. The Kier molecular flexibility index (Phi) is 6.29. The van der Waals surface area contributed by atoms with Crippen LogP contribution in [0.25, 0.3) is 0 Å². The zero-order valence-corrected chi connectivity index (χ0v) is 20.9. The van der Waals surface area contributed by atoms with E-state index in [9.17, 15) is 14.7 Å². The monoisotopic (exact) mass is 468 g/mol. The first-order chi connectivity index (χ1) is 16.2. The SMILES string of the molecule is CC(=O)O[C@H]1CC[C@@]2(C)[C@@H](CC[C@@H]3[C@@H]2CC[C@]2(C)[C@@H](O)[C@H](COC(=O)c4ccccc4)C[C@@H]32)C1. The second kappa shape index (κ2) is 8.96. The van der Waals surface area contributed by atoms with Crippen molar-refractivity contribution in [1.82, 2.24) is 0 Å². The Morgan fingerprint density at radius 1 is 0.971 bits per heavy atom. The molecule has 5 rings (SSSR count). The molecule has 0 aromatic heterocycles. The Labute approximate surface area is 203 Å². The Morgan fingerprint density at radius 3 is 2.44 bits per heavy atom. The fraction of sp³-hybridized carbons (Fsp3) is 0.724. The number of aliphatic hydroxyl groups excluding tert-OH is 1. The van der Waals surface area contributed by atoms with Crippen molar-refractivity contribution >= 4 is 11.9 Å². The summed E-state index contributed by atoms with van der Waals surface area (Å²) < 4.78 is 11.3. The molecule has 186 valence electrons. The van der Waals surface area contributed by atoms with Crippen LogP contribution >= 0.6 is 0 Å². The maximum Gasteiger partial charge on any atom is 0.338 e. The van der Waals surface area contributed by atoms with Crippen molar-refractivity contribution in [3.05, 3.63) is 35.9 Å². The molecule has 1 N–H and O–H groups in total. The molecule has 4 saturated carbocycles. The van der Waals surface area contributed by atoms with Crippen molar-refractivity contribution in [2.75, 3.05) is 6.61 Å². The molecule has 0 saturated heterocycles. The lowest BCUT2D eigenvalue weighted by atomic mass is 9.45. The van der Waals surface area contributed by atoms with Gasteiger partial charge in [0.2, 0.25) is 0 Å². The number of benzene rings is 1. The molecule has 34 heavy (non-hydrogen) atoms. The lowest BCUT2D eigenvalue weighted by Crippen LogP contribution is -2.54. The van der Waals surface area contributed by atoms with Gasteiger partial charge in [0.05, 0.1) is 18.3 Å². The van der Waals surface area contributed by atoms with Gasteiger partial charge in [0.15, 0.2) is 0 Å². The topological polar surface area (TPSA) is 72.8 Å². The quantitative estimate of drug-likeness (QED) is 0.599. The molecular weight excluding hydrogens is 428 g/mol. The maximum atomic E-state index is 12.5. The molecular formula is C29H40O5. The summed E-state index contributed by atoms with van der Waals surface area (Å²) in [4.78, 5) is 24.0. The Morgan fingerprint density at radius 2 is 1.71 bits per heavy atom. The van der Waals surface area contributed by atoms with E-state index in [1.54, 1.807) is 12.1 Å². The average molecular weight is 469 g/mol. The van der Waals surface area contributed by atoms with Gasteiger partial charge in [-0.1, -0.05) is 32.0 Å². The molecule has 4 fully saturated rings. The van der Waals surface area contributed by atoms with Crippen molar-refractivity contribution < 1.29 is 24.2 Å². The highest BCUT2D eigenvalue weighted by atomic mass is 16.5. The molecule has 0 heterocycles. The molecule has 9 atom stereocenters. The molecule has 5 nitrogen and oxygen atoms in total. The van der Waals surface area contributed by atoms with Crippen LogP contribution in [0.15, 0.2) is 30.3 Å². The predicted octanol–water partition coefficient (Wildman–Crippen LogP) is 5.40. The third kappa shape index (κ3) is 3.98. The van der Waals surface area contributed by atoms with Gasteiger partial charge in [-0.05, 0) is 98.0 Å². The molecule has 4 aliphatic rings. The third-order valence-electron chi connectivity index (χ3n) is 10.5. The van der Waals surface area contributed by atoms with E-state index in [4.69, 9.17) is 9.47 Å². The summed E-state index contributed by atoms with van der Waals surface area (Å²) in [5.74, 6) is 1.93. The number of rotatable bonds is 4. The highest BCUT2D eigenvalue weighted by molar-refractivity contribution is 5.89. The minimum Gasteiger partial charge on any atom is -0.463 e. The molecule has 4 aliphatic carbocycles. The van der Waals surface area contributed by atoms with Gasteiger partial charge in [-0.15, -0.1) is 0 Å². The predicted molar refractivity (Wildman–Crippen MR) is 129 cm³/mol. The number of ether oxygens (including phenoxy) is 2. The highest BCUT2D eigenvalue weighted by Gasteiger charge is 2.62. The smallest absolute Gasteiger partial charge is 0.338 e. The molecule has 0 amide bonds. The minimum absolute atomic E-state index is 0.00615. The van der Waals surface area contributed by atoms with Crippen molar-refractivity contribution in [2.24, 2.45) is 40.4 Å². The fourth-order valence-electron chi connectivity index (χ4n) is 8.71. The van der Waals surface area contributed by atoms with E-state index >= 15 is 0 Å². The Hall–Kier alpha value is -1.88. The van der Waals surface area contributed by atoms with Crippen LogP contribution in [0.3, 0.4) is 0 Å². The second-order valence-electron chi connectivity index (χ2n) is 12.1.